The summed E-state index contributed by atoms with van der Waals surface area (Å²) < 4.78 is 21.5. The van der Waals surface area contributed by atoms with Crippen LogP contribution in [0.4, 0.5) is 5.69 Å². The highest BCUT2D eigenvalue weighted by atomic mass is 32.1. The van der Waals surface area contributed by atoms with E-state index in [4.69, 9.17) is 18.6 Å². The summed E-state index contributed by atoms with van der Waals surface area (Å²) in [5, 5.41) is 1.97. The Morgan fingerprint density at radius 3 is 2.71 bits per heavy atom. The van der Waals surface area contributed by atoms with Gasteiger partial charge in [0.05, 0.1) is 13.7 Å². The Morgan fingerprint density at radius 2 is 1.97 bits per heavy atom. The number of ether oxygens (including phenoxy) is 3. The fourth-order valence-corrected chi connectivity index (χ4v) is 3.89. The van der Waals surface area contributed by atoms with E-state index in [0.717, 1.165) is 4.88 Å². The normalized spacial score (nSPS) is 12.7. The molecule has 31 heavy (non-hydrogen) atoms. The van der Waals surface area contributed by atoms with Crippen LogP contribution >= 0.6 is 11.3 Å². The summed E-state index contributed by atoms with van der Waals surface area (Å²) in [5.74, 6) is 1.38. The van der Waals surface area contributed by atoms with Crippen molar-refractivity contribution in [1.82, 2.24) is 0 Å². The summed E-state index contributed by atoms with van der Waals surface area (Å²) in [6.07, 6.45) is 2.96. The van der Waals surface area contributed by atoms with Crippen LogP contribution in [0.5, 0.6) is 11.5 Å². The number of nitrogens with zero attached hydrogens (tertiary/aromatic N) is 1. The number of carbonyl (C=O) groups excluding carboxylic acids is 2. The second-order valence-corrected chi connectivity index (χ2v) is 7.81. The van der Waals surface area contributed by atoms with Crippen LogP contribution in [0.15, 0.2) is 52.3 Å². The van der Waals surface area contributed by atoms with E-state index < -0.39 is 5.97 Å². The van der Waals surface area contributed by atoms with E-state index in [2.05, 4.69) is 0 Å². The first kappa shape index (κ1) is 20.7. The Hall–Kier alpha value is -3.52. The van der Waals surface area contributed by atoms with Gasteiger partial charge in [-0.2, -0.15) is 0 Å². The number of methoxy groups -OCH3 is 1. The molecular formula is C23H21NO6S. The number of rotatable bonds is 6. The molecule has 2 aromatic heterocycles. The molecule has 3 aromatic rings. The van der Waals surface area contributed by atoms with Crippen LogP contribution in [0.3, 0.4) is 0 Å². The maximum absolute atomic E-state index is 13.1. The summed E-state index contributed by atoms with van der Waals surface area (Å²) >= 11 is 1.57. The number of fused-ring (bicyclic) bond motifs is 1. The molecule has 0 N–H and O–H groups in total. The minimum Gasteiger partial charge on any atom is -0.486 e. The quantitative estimate of drug-likeness (QED) is 0.417. The Morgan fingerprint density at radius 1 is 1.16 bits per heavy atom. The van der Waals surface area contributed by atoms with Gasteiger partial charge in [0.25, 0.3) is 5.91 Å². The molecule has 7 nitrogen and oxygen atoms in total. The molecule has 0 saturated carbocycles. The van der Waals surface area contributed by atoms with E-state index in [-0.39, 0.29) is 5.91 Å². The monoisotopic (exact) mass is 439 g/mol. The number of hydrogen-bond donors (Lipinski definition) is 0. The molecule has 0 aliphatic carbocycles. The predicted octanol–water partition coefficient (Wildman–Crippen LogP) is 4.45. The number of anilines is 1. The summed E-state index contributed by atoms with van der Waals surface area (Å²) in [7, 11) is 1.31. The van der Waals surface area contributed by atoms with Gasteiger partial charge in [0.1, 0.15) is 30.3 Å². The fourth-order valence-electron chi connectivity index (χ4n) is 3.20. The molecular weight excluding hydrogens is 418 g/mol. The van der Waals surface area contributed by atoms with Gasteiger partial charge < -0.3 is 23.5 Å². The zero-order valence-corrected chi connectivity index (χ0v) is 17.9. The number of carbonyl (C=O) groups is 2. The highest BCUT2D eigenvalue weighted by Crippen LogP contribution is 2.35. The smallest absolute Gasteiger partial charge is 0.341 e. The number of hydrogen-bond acceptors (Lipinski definition) is 7. The lowest BCUT2D eigenvalue weighted by atomic mass is 10.2. The summed E-state index contributed by atoms with van der Waals surface area (Å²) in [5.41, 5.74) is 1.02. The highest BCUT2D eigenvalue weighted by molar-refractivity contribution is 7.09. The van der Waals surface area contributed by atoms with Crippen molar-refractivity contribution < 1.29 is 28.2 Å². The van der Waals surface area contributed by atoms with E-state index >= 15 is 0 Å². The van der Waals surface area contributed by atoms with E-state index in [1.807, 2.05) is 23.6 Å². The average Bonchev–Trinajstić information content (AvgIpc) is 3.44. The number of benzene rings is 1. The number of furan rings is 1. The van der Waals surface area contributed by atoms with Crippen molar-refractivity contribution >= 4 is 35.0 Å². The molecule has 0 bridgehead atoms. The number of amides is 1. The minimum absolute atomic E-state index is 0.237. The van der Waals surface area contributed by atoms with Crippen LogP contribution in [0.25, 0.3) is 6.08 Å². The second-order valence-electron chi connectivity index (χ2n) is 6.78. The van der Waals surface area contributed by atoms with Crippen molar-refractivity contribution in [1.29, 1.82) is 0 Å². The van der Waals surface area contributed by atoms with Crippen molar-refractivity contribution in [2.45, 2.75) is 13.5 Å². The van der Waals surface area contributed by atoms with Crippen molar-refractivity contribution in [3.63, 3.8) is 0 Å². The third kappa shape index (κ3) is 4.64. The van der Waals surface area contributed by atoms with Crippen LogP contribution in [0.1, 0.15) is 26.8 Å². The van der Waals surface area contributed by atoms with Gasteiger partial charge in [-0.1, -0.05) is 6.07 Å². The van der Waals surface area contributed by atoms with Crippen molar-refractivity contribution in [2.24, 2.45) is 0 Å². The molecule has 3 heterocycles. The van der Waals surface area contributed by atoms with Gasteiger partial charge in [0, 0.05) is 22.7 Å². The zero-order valence-electron chi connectivity index (χ0n) is 17.1. The van der Waals surface area contributed by atoms with Gasteiger partial charge in [-0.3, -0.25) is 4.79 Å². The van der Waals surface area contributed by atoms with Gasteiger partial charge in [-0.05, 0) is 42.6 Å². The maximum Gasteiger partial charge on any atom is 0.341 e. The lowest BCUT2D eigenvalue weighted by Crippen LogP contribution is -2.28. The third-order valence-corrected chi connectivity index (χ3v) is 5.59. The van der Waals surface area contributed by atoms with E-state index in [1.54, 1.807) is 47.4 Å². The largest absolute Gasteiger partial charge is 0.486 e. The SMILES string of the molecule is COC(=O)c1cc(/C=C/C(=O)N(Cc2cccs2)c2ccc3c(c2)OCCO3)oc1C. The first-order valence-electron chi connectivity index (χ1n) is 9.65. The summed E-state index contributed by atoms with van der Waals surface area (Å²) in [6.45, 7) is 3.05. The van der Waals surface area contributed by atoms with Gasteiger partial charge in [0.15, 0.2) is 11.5 Å². The minimum atomic E-state index is -0.483. The molecule has 8 heteroatoms. The molecule has 160 valence electrons. The lowest BCUT2D eigenvalue weighted by Gasteiger charge is -2.24. The Labute approximate surface area is 183 Å². The number of thiophene rings is 1. The van der Waals surface area contributed by atoms with Crippen LogP contribution in [0.2, 0.25) is 0 Å². The van der Waals surface area contributed by atoms with E-state index in [9.17, 15) is 9.59 Å². The molecule has 4 rings (SSSR count). The maximum atomic E-state index is 13.1. The lowest BCUT2D eigenvalue weighted by molar-refractivity contribution is -0.114. The van der Waals surface area contributed by atoms with E-state index in [0.29, 0.717) is 54.0 Å². The first-order valence-corrected chi connectivity index (χ1v) is 10.5. The van der Waals surface area contributed by atoms with Crippen molar-refractivity contribution in [2.75, 3.05) is 25.2 Å². The predicted molar refractivity (Wildman–Crippen MR) is 117 cm³/mol. The first-order chi connectivity index (χ1) is 15.0. The molecule has 1 amide bonds. The average molecular weight is 439 g/mol. The summed E-state index contributed by atoms with van der Waals surface area (Å²) in [6, 6.07) is 10.9. The fraction of sp³-hybridized carbons (Fsp3) is 0.217. The molecule has 1 aliphatic rings. The molecule has 1 aromatic carbocycles. The molecule has 0 unspecified atom stereocenters. The van der Waals surface area contributed by atoms with Crippen LogP contribution < -0.4 is 14.4 Å². The second kappa shape index (κ2) is 9.09. The van der Waals surface area contributed by atoms with Gasteiger partial charge in [0.2, 0.25) is 0 Å². The molecule has 0 fully saturated rings. The van der Waals surface area contributed by atoms with Crippen LogP contribution in [0, 0.1) is 6.92 Å². The molecule has 0 atom stereocenters. The number of aryl methyl sites for hydroxylation is 1. The third-order valence-electron chi connectivity index (χ3n) is 4.73. The zero-order chi connectivity index (χ0) is 21.8. The standard InChI is InChI=1S/C23H21NO6S/c1-15-19(23(26)27-2)13-17(30-15)6-8-22(25)24(14-18-4-3-11-31-18)16-5-7-20-21(12-16)29-10-9-28-20/h3-8,11-13H,9-10,14H2,1-2H3/b8-6+. The van der Waals surface area contributed by atoms with Gasteiger partial charge in [-0.15, -0.1) is 11.3 Å². The molecule has 1 aliphatic heterocycles. The topological polar surface area (TPSA) is 78.2 Å². The van der Waals surface area contributed by atoms with Crippen molar-refractivity contribution in [3.8, 4) is 11.5 Å². The molecule has 0 radical (unpaired) electrons. The van der Waals surface area contributed by atoms with E-state index in [1.165, 1.54) is 13.2 Å². The highest BCUT2D eigenvalue weighted by Gasteiger charge is 2.20. The number of esters is 1. The Balaban J connectivity index is 1.60. The van der Waals surface area contributed by atoms with Crippen molar-refractivity contribution in [3.05, 3.63) is 69.8 Å². The Bertz CT molecular complexity index is 1120. The summed E-state index contributed by atoms with van der Waals surface area (Å²) in [4.78, 5) is 27.6. The van der Waals surface area contributed by atoms with Crippen LogP contribution in [-0.2, 0) is 16.1 Å². The van der Waals surface area contributed by atoms with Gasteiger partial charge in [-0.25, -0.2) is 4.79 Å². The molecule has 0 spiro atoms. The van der Waals surface area contributed by atoms with Crippen LogP contribution in [-0.4, -0.2) is 32.2 Å². The molecule has 0 saturated heterocycles. The Kier molecular flexibility index (Phi) is 6.08. The van der Waals surface area contributed by atoms with Gasteiger partial charge >= 0.3 is 5.97 Å².